The summed E-state index contributed by atoms with van der Waals surface area (Å²) in [5.74, 6) is -1.06. The molecule has 3 nitrogen and oxygen atoms in total. The van der Waals surface area contributed by atoms with Gasteiger partial charge in [-0.25, -0.2) is 0 Å². The summed E-state index contributed by atoms with van der Waals surface area (Å²) in [5.41, 5.74) is -3.27. The van der Waals surface area contributed by atoms with Crippen LogP contribution in [-0.4, -0.2) is 40.8 Å². The SMILES string of the molecule is C[C@H]1CCN(C(=O)[C@@](C)(O)C(F)(F)F)C1. The van der Waals surface area contributed by atoms with Crippen molar-refractivity contribution in [3.8, 4) is 0 Å². The Morgan fingerprint density at radius 1 is 1.47 bits per heavy atom. The van der Waals surface area contributed by atoms with Crippen LogP contribution in [0.3, 0.4) is 0 Å². The monoisotopic (exact) mass is 225 g/mol. The van der Waals surface area contributed by atoms with Gasteiger partial charge in [0.15, 0.2) is 0 Å². The molecule has 1 amide bonds. The molecular weight excluding hydrogens is 211 g/mol. The third-order valence-electron chi connectivity index (χ3n) is 2.68. The molecule has 1 fully saturated rings. The van der Waals surface area contributed by atoms with Crippen molar-refractivity contribution in [1.82, 2.24) is 4.90 Å². The number of likely N-dealkylation sites (tertiary alicyclic amines) is 1. The van der Waals surface area contributed by atoms with Crippen molar-refractivity contribution in [3.63, 3.8) is 0 Å². The molecule has 0 aromatic heterocycles. The second-order valence-electron chi connectivity index (χ2n) is 4.21. The molecule has 0 saturated carbocycles. The highest BCUT2D eigenvalue weighted by atomic mass is 19.4. The van der Waals surface area contributed by atoms with E-state index in [-0.39, 0.29) is 19.0 Å². The molecule has 15 heavy (non-hydrogen) atoms. The number of amides is 1. The number of hydrogen-bond acceptors (Lipinski definition) is 2. The van der Waals surface area contributed by atoms with E-state index >= 15 is 0 Å². The molecule has 0 spiro atoms. The van der Waals surface area contributed by atoms with Gasteiger partial charge in [0.05, 0.1) is 0 Å². The van der Waals surface area contributed by atoms with E-state index < -0.39 is 17.7 Å². The van der Waals surface area contributed by atoms with Crippen molar-refractivity contribution in [3.05, 3.63) is 0 Å². The summed E-state index contributed by atoms with van der Waals surface area (Å²) in [4.78, 5) is 12.5. The van der Waals surface area contributed by atoms with Crippen LogP contribution in [-0.2, 0) is 4.79 Å². The van der Waals surface area contributed by atoms with Crippen LogP contribution < -0.4 is 0 Å². The average Bonchev–Trinajstić information content (AvgIpc) is 2.48. The van der Waals surface area contributed by atoms with Crippen molar-refractivity contribution >= 4 is 5.91 Å². The Balaban J connectivity index is 2.76. The molecule has 1 rings (SSSR count). The largest absolute Gasteiger partial charge is 0.426 e. The molecule has 1 heterocycles. The molecule has 1 N–H and O–H groups in total. The van der Waals surface area contributed by atoms with E-state index in [0.717, 1.165) is 4.90 Å². The van der Waals surface area contributed by atoms with E-state index in [4.69, 9.17) is 5.11 Å². The van der Waals surface area contributed by atoms with Crippen molar-refractivity contribution in [1.29, 1.82) is 0 Å². The van der Waals surface area contributed by atoms with Gasteiger partial charge < -0.3 is 10.0 Å². The van der Waals surface area contributed by atoms with Crippen molar-refractivity contribution in [2.45, 2.75) is 32.0 Å². The van der Waals surface area contributed by atoms with Gasteiger partial charge in [0.2, 0.25) is 5.60 Å². The predicted molar refractivity (Wildman–Crippen MR) is 47.0 cm³/mol. The van der Waals surface area contributed by atoms with E-state index in [2.05, 4.69) is 0 Å². The van der Waals surface area contributed by atoms with E-state index in [1.807, 2.05) is 6.92 Å². The standard InChI is InChI=1S/C9H14F3NO2/c1-6-3-4-13(5-6)7(14)8(2,15)9(10,11)12/h6,15H,3-5H2,1-2H3/t6-,8+/m0/s1. The molecule has 0 radical (unpaired) electrons. The fraction of sp³-hybridized carbons (Fsp3) is 0.889. The van der Waals surface area contributed by atoms with Crippen LogP contribution in [0.15, 0.2) is 0 Å². The van der Waals surface area contributed by atoms with Gasteiger partial charge in [-0.15, -0.1) is 0 Å². The minimum Gasteiger partial charge on any atom is -0.373 e. The van der Waals surface area contributed by atoms with Gasteiger partial charge in [-0.3, -0.25) is 4.79 Å². The van der Waals surface area contributed by atoms with Crippen molar-refractivity contribution < 1.29 is 23.1 Å². The van der Waals surface area contributed by atoms with Gasteiger partial charge in [-0.1, -0.05) is 6.92 Å². The van der Waals surface area contributed by atoms with E-state index in [9.17, 15) is 18.0 Å². The number of carbonyl (C=O) groups excluding carboxylic acids is 1. The molecule has 1 saturated heterocycles. The van der Waals surface area contributed by atoms with Gasteiger partial charge >= 0.3 is 6.18 Å². The number of rotatable bonds is 1. The Kier molecular flexibility index (Phi) is 3.00. The van der Waals surface area contributed by atoms with Crippen LogP contribution in [0, 0.1) is 5.92 Å². The van der Waals surface area contributed by atoms with Crippen molar-refractivity contribution in [2.24, 2.45) is 5.92 Å². The van der Waals surface area contributed by atoms with Crippen LogP contribution in [0.1, 0.15) is 20.3 Å². The fourth-order valence-corrected chi connectivity index (χ4v) is 1.55. The summed E-state index contributed by atoms with van der Waals surface area (Å²) in [6.07, 6.45) is -4.24. The maximum absolute atomic E-state index is 12.3. The molecule has 2 atom stereocenters. The summed E-state index contributed by atoms with van der Waals surface area (Å²) >= 11 is 0. The van der Waals surface area contributed by atoms with Crippen LogP contribution in [0.2, 0.25) is 0 Å². The third kappa shape index (κ3) is 2.25. The Bertz CT molecular complexity index is 263. The predicted octanol–water partition coefficient (Wildman–Crippen LogP) is 1.17. The van der Waals surface area contributed by atoms with Crippen LogP contribution in [0.5, 0.6) is 0 Å². The molecule has 1 aliphatic rings. The number of nitrogens with zero attached hydrogens (tertiary/aromatic N) is 1. The number of hydrogen-bond donors (Lipinski definition) is 1. The highest BCUT2D eigenvalue weighted by Gasteiger charge is 2.57. The summed E-state index contributed by atoms with van der Waals surface area (Å²) in [5, 5.41) is 9.15. The molecule has 0 aliphatic carbocycles. The maximum Gasteiger partial charge on any atom is 0.426 e. The van der Waals surface area contributed by atoms with Gasteiger partial charge in [-0.05, 0) is 19.3 Å². The molecule has 0 unspecified atom stereocenters. The van der Waals surface area contributed by atoms with Gasteiger partial charge in [0, 0.05) is 13.1 Å². The Labute approximate surface area is 85.9 Å². The molecule has 0 bridgehead atoms. The Hall–Kier alpha value is -0.780. The quantitative estimate of drug-likeness (QED) is 0.727. The van der Waals surface area contributed by atoms with E-state index in [1.54, 1.807) is 0 Å². The summed E-state index contributed by atoms with van der Waals surface area (Å²) in [7, 11) is 0. The average molecular weight is 225 g/mol. The Morgan fingerprint density at radius 3 is 2.33 bits per heavy atom. The minimum absolute atomic E-state index is 0.193. The molecule has 88 valence electrons. The molecule has 1 aliphatic heterocycles. The number of carbonyl (C=O) groups is 1. The third-order valence-corrected chi connectivity index (χ3v) is 2.68. The highest BCUT2D eigenvalue weighted by molar-refractivity contribution is 5.85. The zero-order chi connectivity index (χ0) is 11.9. The van der Waals surface area contributed by atoms with Gasteiger partial charge in [0.25, 0.3) is 5.91 Å². The highest BCUT2D eigenvalue weighted by Crippen LogP contribution is 2.32. The lowest BCUT2D eigenvalue weighted by atomic mass is 10.1. The summed E-state index contributed by atoms with van der Waals surface area (Å²) in [6, 6.07) is 0. The van der Waals surface area contributed by atoms with Gasteiger partial charge in [0.1, 0.15) is 0 Å². The zero-order valence-corrected chi connectivity index (χ0v) is 8.64. The molecule has 0 aromatic rings. The number of alkyl halides is 3. The van der Waals surface area contributed by atoms with Crippen LogP contribution >= 0.6 is 0 Å². The minimum atomic E-state index is -4.92. The first kappa shape index (κ1) is 12.3. The normalized spacial score (nSPS) is 26.5. The van der Waals surface area contributed by atoms with E-state index in [1.165, 1.54) is 0 Å². The lowest BCUT2D eigenvalue weighted by Crippen LogP contribution is -2.55. The second kappa shape index (κ2) is 3.66. The first-order valence-electron chi connectivity index (χ1n) is 4.74. The zero-order valence-electron chi connectivity index (χ0n) is 8.64. The topological polar surface area (TPSA) is 40.5 Å². The smallest absolute Gasteiger partial charge is 0.373 e. The molecular formula is C9H14F3NO2. The molecule has 6 heteroatoms. The van der Waals surface area contributed by atoms with Crippen LogP contribution in [0.4, 0.5) is 13.2 Å². The lowest BCUT2D eigenvalue weighted by molar-refractivity contribution is -0.249. The van der Waals surface area contributed by atoms with E-state index in [0.29, 0.717) is 13.3 Å². The van der Waals surface area contributed by atoms with Gasteiger partial charge in [-0.2, -0.15) is 13.2 Å². The van der Waals surface area contributed by atoms with Crippen LogP contribution in [0.25, 0.3) is 0 Å². The Morgan fingerprint density at radius 2 is 2.00 bits per heavy atom. The number of aliphatic hydroxyl groups is 1. The first-order valence-corrected chi connectivity index (χ1v) is 4.74. The number of halogens is 3. The fourth-order valence-electron chi connectivity index (χ4n) is 1.55. The second-order valence-corrected chi connectivity index (χ2v) is 4.21. The maximum atomic E-state index is 12.3. The first-order chi connectivity index (χ1) is 6.66. The summed E-state index contributed by atoms with van der Waals surface area (Å²) in [6.45, 7) is 2.92. The van der Waals surface area contributed by atoms with Crippen molar-refractivity contribution in [2.75, 3.05) is 13.1 Å². The summed E-state index contributed by atoms with van der Waals surface area (Å²) < 4.78 is 37.0. The molecule has 0 aromatic carbocycles. The lowest BCUT2D eigenvalue weighted by Gasteiger charge is -2.29.